The minimum Gasteiger partial charge on any atom is -0.472 e. The summed E-state index contributed by atoms with van der Waals surface area (Å²) < 4.78 is 6.71. The Kier molecular flexibility index (Phi) is 3.73. The summed E-state index contributed by atoms with van der Waals surface area (Å²) in [6, 6.07) is 3.77. The first kappa shape index (κ1) is 12.9. The van der Waals surface area contributed by atoms with Crippen molar-refractivity contribution in [1.82, 2.24) is 9.88 Å². The normalized spacial score (nSPS) is 22.6. The molecule has 4 nitrogen and oxygen atoms in total. The largest absolute Gasteiger partial charge is 0.472 e. The van der Waals surface area contributed by atoms with Crippen molar-refractivity contribution in [3.63, 3.8) is 0 Å². The van der Waals surface area contributed by atoms with Crippen molar-refractivity contribution in [2.45, 2.75) is 31.8 Å². The fourth-order valence-corrected chi connectivity index (χ4v) is 2.71. The van der Waals surface area contributed by atoms with Gasteiger partial charge in [-0.15, -0.1) is 0 Å². The molecule has 1 aliphatic heterocycles. The number of aromatic nitrogens is 1. The molecule has 1 aliphatic carbocycles. The SMILES string of the molecule is O=C(CC1CC1)N1CCC(Oc2ncccc2Br)C1. The highest BCUT2D eigenvalue weighted by Crippen LogP contribution is 2.33. The van der Waals surface area contributed by atoms with Crippen molar-refractivity contribution in [2.24, 2.45) is 5.92 Å². The molecule has 1 amide bonds. The molecule has 1 unspecified atom stereocenters. The summed E-state index contributed by atoms with van der Waals surface area (Å²) in [5, 5.41) is 0. The van der Waals surface area contributed by atoms with Crippen LogP contribution in [0, 0.1) is 5.92 Å². The van der Waals surface area contributed by atoms with E-state index in [0.29, 0.717) is 18.3 Å². The number of amides is 1. The van der Waals surface area contributed by atoms with E-state index in [0.717, 1.165) is 23.9 Å². The molecule has 102 valence electrons. The van der Waals surface area contributed by atoms with E-state index in [2.05, 4.69) is 20.9 Å². The lowest BCUT2D eigenvalue weighted by Crippen LogP contribution is -2.31. The molecular weight excluding hydrogens is 308 g/mol. The van der Waals surface area contributed by atoms with E-state index in [9.17, 15) is 4.79 Å². The van der Waals surface area contributed by atoms with Gasteiger partial charge in [0.25, 0.3) is 0 Å². The van der Waals surface area contributed by atoms with Gasteiger partial charge in [0, 0.05) is 25.6 Å². The van der Waals surface area contributed by atoms with Gasteiger partial charge in [-0.25, -0.2) is 4.98 Å². The summed E-state index contributed by atoms with van der Waals surface area (Å²) in [5.41, 5.74) is 0. The van der Waals surface area contributed by atoms with Gasteiger partial charge < -0.3 is 9.64 Å². The highest BCUT2D eigenvalue weighted by Gasteiger charge is 2.32. The standard InChI is InChI=1S/C14H17BrN2O2/c15-12-2-1-6-16-14(12)19-11-5-7-17(9-11)13(18)8-10-3-4-10/h1-2,6,10-11H,3-5,7-9H2. The quantitative estimate of drug-likeness (QED) is 0.855. The van der Waals surface area contributed by atoms with E-state index < -0.39 is 0 Å². The Bertz CT molecular complexity index is 476. The molecule has 1 aromatic rings. The summed E-state index contributed by atoms with van der Waals surface area (Å²) in [4.78, 5) is 18.1. The maximum atomic E-state index is 12.0. The van der Waals surface area contributed by atoms with Crippen molar-refractivity contribution >= 4 is 21.8 Å². The lowest BCUT2D eigenvalue weighted by Gasteiger charge is -2.17. The zero-order valence-electron chi connectivity index (χ0n) is 10.7. The van der Waals surface area contributed by atoms with Crippen LogP contribution in [0.2, 0.25) is 0 Å². The predicted molar refractivity (Wildman–Crippen MR) is 74.9 cm³/mol. The van der Waals surface area contributed by atoms with Crippen LogP contribution in [-0.2, 0) is 4.79 Å². The van der Waals surface area contributed by atoms with Gasteiger partial charge in [0.2, 0.25) is 11.8 Å². The number of likely N-dealkylation sites (tertiary alicyclic amines) is 1. The second-order valence-corrected chi connectivity index (χ2v) is 6.16. The molecule has 0 aromatic carbocycles. The van der Waals surface area contributed by atoms with E-state index in [-0.39, 0.29) is 12.0 Å². The molecule has 1 saturated carbocycles. The molecule has 1 atom stereocenters. The minimum absolute atomic E-state index is 0.0642. The minimum atomic E-state index is 0.0642. The van der Waals surface area contributed by atoms with Crippen LogP contribution in [0.25, 0.3) is 0 Å². The van der Waals surface area contributed by atoms with Crippen LogP contribution in [-0.4, -0.2) is 35.0 Å². The van der Waals surface area contributed by atoms with Crippen LogP contribution < -0.4 is 4.74 Å². The highest BCUT2D eigenvalue weighted by molar-refractivity contribution is 9.10. The molecule has 0 bridgehead atoms. The Morgan fingerprint density at radius 2 is 2.32 bits per heavy atom. The van der Waals surface area contributed by atoms with Crippen LogP contribution >= 0.6 is 15.9 Å². The van der Waals surface area contributed by atoms with E-state index in [1.54, 1.807) is 6.20 Å². The average Bonchev–Trinajstić information content (AvgIpc) is 3.08. The van der Waals surface area contributed by atoms with Crippen LogP contribution in [0.15, 0.2) is 22.8 Å². The fourth-order valence-electron chi connectivity index (χ4n) is 2.36. The monoisotopic (exact) mass is 324 g/mol. The third-order valence-electron chi connectivity index (χ3n) is 3.66. The summed E-state index contributed by atoms with van der Waals surface area (Å²) >= 11 is 3.42. The van der Waals surface area contributed by atoms with Gasteiger partial charge in [-0.3, -0.25) is 4.79 Å². The zero-order valence-corrected chi connectivity index (χ0v) is 12.3. The number of hydrogen-bond acceptors (Lipinski definition) is 3. The Hall–Kier alpha value is -1.10. The van der Waals surface area contributed by atoms with Crippen molar-refractivity contribution in [2.75, 3.05) is 13.1 Å². The van der Waals surface area contributed by atoms with E-state index >= 15 is 0 Å². The molecule has 0 N–H and O–H groups in total. The molecule has 0 radical (unpaired) electrons. The fraction of sp³-hybridized carbons (Fsp3) is 0.571. The second-order valence-electron chi connectivity index (χ2n) is 5.31. The Balaban J connectivity index is 1.54. The number of ether oxygens (including phenoxy) is 1. The lowest BCUT2D eigenvalue weighted by atomic mass is 10.2. The van der Waals surface area contributed by atoms with E-state index in [1.165, 1.54) is 12.8 Å². The number of pyridine rings is 1. The van der Waals surface area contributed by atoms with Gasteiger partial charge >= 0.3 is 0 Å². The average molecular weight is 325 g/mol. The van der Waals surface area contributed by atoms with E-state index in [1.807, 2.05) is 17.0 Å². The third kappa shape index (κ3) is 3.26. The molecule has 2 heterocycles. The number of nitrogens with zero attached hydrogens (tertiary/aromatic N) is 2. The van der Waals surface area contributed by atoms with Crippen LogP contribution in [0.1, 0.15) is 25.7 Å². The summed E-state index contributed by atoms with van der Waals surface area (Å²) in [5.74, 6) is 1.55. The highest BCUT2D eigenvalue weighted by atomic mass is 79.9. The van der Waals surface area contributed by atoms with Gasteiger partial charge in [-0.05, 0) is 46.8 Å². The van der Waals surface area contributed by atoms with Crippen molar-refractivity contribution in [3.8, 4) is 5.88 Å². The Labute approximate surface area is 121 Å². The number of carbonyl (C=O) groups excluding carboxylic acids is 1. The van der Waals surface area contributed by atoms with Crippen molar-refractivity contribution < 1.29 is 9.53 Å². The lowest BCUT2D eigenvalue weighted by molar-refractivity contribution is -0.130. The topological polar surface area (TPSA) is 42.4 Å². The number of halogens is 1. The molecule has 1 saturated heterocycles. The molecule has 2 aliphatic rings. The van der Waals surface area contributed by atoms with E-state index in [4.69, 9.17) is 4.74 Å². The van der Waals surface area contributed by atoms with Gasteiger partial charge in [0.15, 0.2) is 0 Å². The second kappa shape index (κ2) is 5.49. The first-order valence-corrected chi connectivity index (χ1v) is 7.56. The van der Waals surface area contributed by atoms with Gasteiger partial charge in [-0.1, -0.05) is 0 Å². The summed E-state index contributed by atoms with van der Waals surface area (Å²) in [7, 11) is 0. The molecule has 5 heteroatoms. The molecule has 2 fully saturated rings. The number of hydrogen-bond donors (Lipinski definition) is 0. The van der Waals surface area contributed by atoms with Crippen molar-refractivity contribution in [1.29, 1.82) is 0 Å². The Morgan fingerprint density at radius 3 is 3.05 bits per heavy atom. The predicted octanol–water partition coefficient (Wildman–Crippen LogP) is 2.62. The van der Waals surface area contributed by atoms with Crippen LogP contribution in [0.5, 0.6) is 5.88 Å². The maximum absolute atomic E-state index is 12.0. The van der Waals surface area contributed by atoms with Crippen molar-refractivity contribution in [3.05, 3.63) is 22.8 Å². The third-order valence-corrected chi connectivity index (χ3v) is 4.26. The molecule has 1 aromatic heterocycles. The Morgan fingerprint density at radius 1 is 1.47 bits per heavy atom. The zero-order chi connectivity index (χ0) is 13.2. The first-order chi connectivity index (χ1) is 9.22. The maximum Gasteiger partial charge on any atom is 0.228 e. The smallest absolute Gasteiger partial charge is 0.228 e. The molecular formula is C14H17BrN2O2. The summed E-state index contributed by atoms with van der Waals surface area (Å²) in [6.45, 7) is 1.50. The van der Waals surface area contributed by atoms with Gasteiger partial charge in [0.05, 0.1) is 11.0 Å². The number of rotatable bonds is 4. The van der Waals surface area contributed by atoms with Gasteiger partial charge in [0.1, 0.15) is 6.10 Å². The first-order valence-electron chi connectivity index (χ1n) is 6.77. The molecule has 19 heavy (non-hydrogen) atoms. The van der Waals surface area contributed by atoms with Crippen LogP contribution in [0.3, 0.4) is 0 Å². The summed E-state index contributed by atoms with van der Waals surface area (Å²) in [6.07, 6.45) is 5.83. The van der Waals surface area contributed by atoms with Crippen LogP contribution in [0.4, 0.5) is 0 Å². The number of carbonyl (C=O) groups is 1. The van der Waals surface area contributed by atoms with Gasteiger partial charge in [-0.2, -0.15) is 0 Å². The molecule has 3 rings (SSSR count). The molecule has 0 spiro atoms.